The van der Waals surface area contributed by atoms with Crippen LogP contribution in [0, 0.1) is 5.92 Å². The molecule has 0 saturated carbocycles. The molecule has 1 aromatic rings. The molecule has 2 N–H and O–H groups in total. The Bertz CT molecular complexity index is 533. The molecule has 5 nitrogen and oxygen atoms in total. The first-order valence-electron chi connectivity index (χ1n) is 8.12. The number of carbonyl (C=O) groups excluding carboxylic acids is 1. The second-order valence-electron chi connectivity index (χ2n) is 6.13. The van der Waals surface area contributed by atoms with Crippen molar-refractivity contribution in [1.82, 2.24) is 10.6 Å². The van der Waals surface area contributed by atoms with Crippen LogP contribution in [0.25, 0.3) is 0 Å². The molecule has 0 bridgehead atoms. The lowest BCUT2D eigenvalue weighted by molar-refractivity contribution is -0.126. The van der Waals surface area contributed by atoms with E-state index in [0.29, 0.717) is 25.8 Å². The minimum absolute atomic E-state index is 0.122. The summed E-state index contributed by atoms with van der Waals surface area (Å²) in [5.41, 5.74) is 1.04. The first-order valence-corrected chi connectivity index (χ1v) is 8.12. The maximum Gasteiger partial charge on any atom is 0.223 e. The molecule has 1 aromatic carbocycles. The van der Waals surface area contributed by atoms with Crippen molar-refractivity contribution < 1.29 is 14.3 Å². The largest absolute Gasteiger partial charge is 0.490 e. The molecule has 2 atom stereocenters. The Labute approximate surface area is 131 Å². The number of ether oxygens (including phenoxy) is 2. The van der Waals surface area contributed by atoms with E-state index in [1.54, 1.807) is 0 Å². The van der Waals surface area contributed by atoms with Gasteiger partial charge in [-0.15, -0.1) is 0 Å². The predicted molar refractivity (Wildman–Crippen MR) is 84.1 cm³/mol. The Balaban J connectivity index is 1.57. The SMILES string of the molecule is C[C@H]1C[C@@H](C(=O)NCc2ccc3c(c2)OCCCO3)CCN1. The highest BCUT2D eigenvalue weighted by atomic mass is 16.5. The Morgan fingerprint density at radius 3 is 2.95 bits per heavy atom. The average molecular weight is 304 g/mol. The van der Waals surface area contributed by atoms with E-state index in [1.807, 2.05) is 18.2 Å². The molecule has 2 heterocycles. The minimum Gasteiger partial charge on any atom is -0.490 e. The smallest absolute Gasteiger partial charge is 0.223 e. The normalized spacial score (nSPS) is 24.4. The van der Waals surface area contributed by atoms with Gasteiger partial charge in [0.15, 0.2) is 11.5 Å². The molecular formula is C17H24N2O3. The van der Waals surface area contributed by atoms with E-state index in [0.717, 1.165) is 42.9 Å². The van der Waals surface area contributed by atoms with E-state index in [2.05, 4.69) is 17.6 Å². The highest BCUT2D eigenvalue weighted by Gasteiger charge is 2.24. The maximum atomic E-state index is 12.3. The molecule has 0 spiro atoms. The van der Waals surface area contributed by atoms with E-state index in [1.165, 1.54) is 0 Å². The van der Waals surface area contributed by atoms with Gasteiger partial charge in [-0.25, -0.2) is 0 Å². The lowest BCUT2D eigenvalue weighted by Gasteiger charge is -2.27. The molecule has 22 heavy (non-hydrogen) atoms. The van der Waals surface area contributed by atoms with Gasteiger partial charge in [0.05, 0.1) is 13.2 Å². The van der Waals surface area contributed by atoms with Crippen LogP contribution < -0.4 is 20.1 Å². The number of benzene rings is 1. The summed E-state index contributed by atoms with van der Waals surface area (Å²) in [5, 5.41) is 6.42. The minimum atomic E-state index is 0.122. The van der Waals surface area contributed by atoms with Crippen LogP contribution in [0.2, 0.25) is 0 Å². The Hall–Kier alpha value is -1.75. The lowest BCUT2D eigenvalue weighted by atomic mass is 9.92. The van der Waals surface area contributed by atoms with Gasteiger partial charge < -0.3 is 20.1 Å². The fourth-order valence-electron chi connectivity index (χ4n) is 3.02. The quantitative estimate of drug-likeness (QED) is 0.895. The van der Waals surface area contributed by atoms with Crippen molar-refractivity contribution >= 4 is 5.91 Å². The summed E-state index contributed by atoms with van der Waals surface area (Å²) in [4.78, 5) is 12.3. The summed E-state index contributed by atoms with van der Waals surface area (Å²) in [5.74, 6) is 1.84. The van der Waals surface area contributed by atoms with Crippen LogP contribution in [0.3, 0.4) is 0 Å². The van der Waals surface area contributed by atoms with Crippen LogP contribution in [0.5, 0.6) is 11.5 Å². The summed E-state index contributed by atoms with van der Waals surface area (Å²) in [7, 11) is 0. The Morgan fingerprint density at radius 1 is 1.32 bits per heavy atom. The first-order chi connectivity index (χ1) is 10.7. The van der Waals surface area contributed by atoms with Crippen molar-refractivity contribution in [1.29, 1.82) is 0 Å². The Morgan fingerprint density at radius 2 is 2.14 bits per heavy atom. The van der Waals surface area contributed by atoms with Gasteiger partial charge in [-0.2, -0.15) is 0 Å². The van der Waals surface area contributed by atoms with Gasteiger partial charge in [0.1, 0.15) is 0 Å². The van der Waals surface area contributed by atoms with Gasteiger partial charge in [-0.1, -0.05) is 6.07 Å². The molecule has 3 rings (SSSR count). The molecule has 120 valence electrons. The molecule has 0 radical (unpaired) electrons. The number of nitrogens with one attached hydrogen (secondary N) is 2. The number of hydrogen-bond donors (Lipinski definition) is 2. The van der Waals surface area contributed by atoms with Crippen molar-refractivity contribution in [2.45, 2.75) is 38.8 Å². The monoisotopic (exact) mass is 304 g/mol. The van der Waals surface area contributed by atoms with Gasteiger partial charge in [0.2, 0.25) is 5.91 Å². The van der Waals surface area contributed by atoms with E-state index in [4.69, 9.17) is 9.47 Å². The molecule has 1 amide bonds. The van der Waals surface area contributed by atoms with Gasteiger partial charge in [-0.3, -0.25) is 4.79 Å². The van der Waals surface area contributed by atoms with Crippen LogP contribution >= 0.6 is 0 Å². The van der Waals surface area contributed by atoms with Crippen LogP contribution in [0.4, 0.5) is 0 Å². The standard InChI is InChI=1S/C17H24N2O3/c1-12-9-14(5-6-18-12)17(20)19-11-13-3-4-15-16(10-13)22-8-2-7-21-15/h3-4,10,12,14,18H,2,5-9,11H2,1H3,(H,19,20)/t12-,14-/m0/s1. The fourth-order valence-corrected chi connectivity index (χ4v) is 3.02. The van der Waals surface area contributed by atoms with E-state index < -0.39 is 0 Å². The summed E-state index contributed by atoms with van der Waals surface area (Å²) < 4.78 is 11.3. The summed E-state index contributed by atoms with van der Waals surface area (Å²) in [6, 6.07) is 6.29. The van der Waals surface area contributed by atoms with Crippen molar-refractivity contribution in [3.8, 4) is 11.5 Å². The van der Waals surface area contributed by atoms with E-state index in [9.17, 15) is 4.79 Å². The van der Waals surface area contributed by atoms with Gasteiger partial charge in [0, 0.05) is 24.9 Å². The highest BCUT2D eigenvalue weighted by molar-refractivity contribution is 5.78. The molecule has 0 aromatic heterocycles. The van der Waals surface area contributed by atoms with Crippen LogP contribution in [0.1, 0.15) is 31.7 Å². The van der Waals surface area contributed by atoms with Gasteiger partial charge in [-0.05, 0) is 44.0 Å². The second kappa shape index (κ2) is 7.01. The molecule has 0 aliphatic carbocycles. The zero-order valence-electron chi connectivity index (χ0n) is 13.1. The molecule has 1 saturated heterocycles. The number of amides is 1. The van der Waals surface area contributed by atoms with Gasteiger partial charge in [0.25, 0.3) is 0 Å². The molecule has 2 aliphatic heterocycles. The van der Waals surface area contributed by atoms with Crippen molar-refractivity contribution in [3.05, 3.63) is 23.8 Å². The van der Waals surface area contributed by atoms with Gasteiger partial charge >= 0.3 is 0 Å². The predicted octanol–water partition coefficient (Wildman–Crippen LogP) is 1.85. The fraction of sp³-hybridized carbons (Fsp3) is 0.588. The number of rotatable bonds is 3. The van der Waals surface area contributed by atoms with E-state index >= 15 is 0 Å². The Kier molecular flexibility index (Phi) is 4.83. The average Bonchev–Trinajstić information content (AvgIpc) is 2.77. The van der Waals surface area contributed by atoms with Crippen LogP contribution in [0.15, 0.2) is 18.2 Å². The zero-order valence-corrected chi connectivity index (χ0v) is 13.1. The zero-order chi connectivity index (χ0) is 15.4. The second-order valence-corrected chi connectivity index (χ2v) is 6.13. The summed E-state index contributed by atoms with van der Waals surface area (Å²) in [6.07, 6.45) is 2.72. The molecule has 2 aliphatic rings. The third-order valence-corrected chi connectivity index (χ3v) is 4.27. The van der Waals surface area contributed by atoms with Crippen molar-refractivity contribution in [3.63, 3.8) is 0 Å². The summed E-state index contributed by atoms with van der Waals surface area (Å²) >= 11 is 0. The molecule has 0 unspecified atom stereocenters. The number of fused-ring (bicyclic) bond motifs is 1. The number of carbonyl (C=O) groups is 1. The van der Waals surface area contributed by atoms with E-state index in [-0.39, 0.29) is 11.8 Å². The number of hydrogen-bond acceptors (Lipinski definition) is 4. The lowest BCUT2D eigenvalue weighted by Crippen LogP contribution is -2.42. The third kappa shape index (κ3) is 3.71. The van der Waals surface area contributed by atoms with Crippen LogP contribution in [-0.2, 0) is 11.3 Å². The first kappa shape index (κ1) is 15.2. The molecular weight excluding hydrogens is 280 g/mol. The van der Waals surface area contributed by atoms with Crippen LogP contribution in [-0.4, -0.2) is 31.7 Å². The third-order valence-electron chi connectivity index (χ3n) is 4.27. The summed E-state index contributed by atoms with van der Waals surface area (Å²) in [6.45, 7) is 4.95. The topological polar surface area (TPSA) is 59.6 Å². The van der Waals surface area contributed by atoms with Crippen molar-refractivity contribution in [2.24, 2.45) is 5.92 Å². The molecule has 1 fully saturated rings. The van der Waals surface area contributed by atoms with Crippen molar-refractivity contribution in [2.75, 3.05) is 19.8 Å². The molecule has 5 heteroatoms. The maximum absolute atomic E-state index is 12.3. The highest BCUT2D eigenvalue weighted by Crippen LogP contribution is 2.30. The number of piperidine rings is 1.